The second kappa shape index (κ2) is 6.03. The van der Waals surface area contributed by atoms with Crippen molar-refractivity contribution in [1.29, 1.82) is 0 Å². The molecule has 0 aromatic heterocycles. The van der Waals surface area contributed by atoms with Crippen LogP contribution in [0.5, 0.6) is 5.75 Å². The Morgan fingerprint density at radius 1 is 1.29 bits per heavy atom. The first-order valence-corrected chi connectivity index (χ1v) is 5.91. The van der Waals surface area contributed by atoms with Crippen LogP contribution in [0.3, 0.4) is 0 Å². The minimum Gasteiger partial charge on any atom is -0.497 e. The smallest absolute Gasteiger partial charge is 0.119 e. The maximum atomic E-state index is 5.81. The lowest BCUT2D eigenvalue weighted by molar-refractivity contribution is -0.0139. The van der Waals surface area contributed by atoms with Crippen LogP contribution in [0.15, 0.2) is 24.3 Å². The molecule has 0 saturated heterocycles. The summed E-state index contributed by atoms with van der Waals surface area (Å²) in [6.45, 7) is 6.83. The number of nitrogens with one attached hydrogen (secondary N) is 1. The van der Waals surface area contributed by atoms with Crippen LogP contribution < -0.4 is 10.1 Å². The molecule has 0 aliphatic heterocycles. The van der Waals surface area contributed by atoms with E-state index < -0.39 is 0 Å². The van der Waals surface area contributed by atoms with Gasteiger partial charge in [0.05, 0.1) is 25.4 Å². The molecule has 17 heavy (non-hydrogen) atoms. The van der Waals surface area contributed by atoms with Gasteiger partial charge in [0.1, 0.15) is 5.75 Å². The number of benzene rings is 1. The molecule has 96 valence electrons. The van der Waals surface area contributed by atoms with Gasteiger partial charge in [-0.3, -0.25) is 0 Å². The van der Waals surface area contributed by atoms with Crippen molar-refractivity contribution in [2.75, 3.05) is 20.8 Å². The van der Waals surface area contributed by atoms with Crippen LogP contribution in [0.1, 0.15) is 32.4 Å². The zero-order valence-electron chi connectivity index (χ0n) is 11.4. The molecule has 3 nitrogen and oxygen atoms in total. The van der Waals surface area contributed by atoms with Gasteiger partial charge in [0, 0.05) is 0 Å². The average molecular weight is 237 g/mol. The number of methoxy groups -OCH3 is 1. The number of rotatable bonds is 5. The number of hydrogen-bond acceptors (Lipinski definition) is 3. The molecule has 0 saturated carbocycles. The zero-order chi connectivity index (χ0) is 12.9. The van der Waals surface area contributed by atoms with Gasteiger partial charge in [0.2, 0.25) is 0 Å². The van der Waals surface area contributed by atoms with E-state index in [2.05, 4.69) is 32.2 Å². The van der Waals surface area contributed by atoms with Crippen molar-refractivity contribution in [3.8, 4) is 5.75 Å². The maximum Gasteiger partial charge on any atom is 0.119 e. The van der Waals surface area contributed by atoms with Crippen LogP contribution in [0.4, 0.5) is 0 Å². The highest BCUT2D eigenvalue weighted by Gasteiger charge is 2.15. The Bertz CT molecular complexity index is 344. The Hall–Kier alpha value is -1.06. The fourth-order valence-electron chi connectivity index (χ4n) is 1.54. The van der Waals surface area contributed by atoms with Gasteiger partial charge in [-0.25, -0.2) is 0 Å². The molecular formula is C14H23NO2. The SMILES string of the molecule is CNC(COC(C)(C)C)c1cccc(OC)c1. The largest absolute Gasteiger partial charge is 0.497 e. The first-order chi connectivity index (χ1) is 7.96. The molecule has 0 amide bonds. The van der Waals surface area contributed by atoms with Crippen LogP contribution in [0, 0.1) is 0 Å². The second-order valence-electron chi connectivity index (χ2n) is 5.04. The minimum absolute atomic E-state index is 0.117. The zero-order valence-corrected chi connectivity index (χ0v) is 11.4. The molecule has 0 radical (unpaired) electrons. The van der Waals surface area contributed by atoms with Crippen LogP contribution in [0.2, 0.25) is 0 Å². The van der Waals surface area contributed by atoms with Crippen molar-refractivity contribution in [2.24, 2.45) is 0 Å². The fourth-order valence-corrected chi connectivity index (χ4v) is 1.54. The molecule has 0 aliphatic carbocycles. The van der Waals surface area contributed by atoms with Crippen molar-refractivity contribution >= 4 is 0 Å². The summed E-state index contributed by atoms with van der Waals surface area (Å²) in [5.74, 6) is 0.874. The molecule has 0 aliphatic rings. The predicted octanol–water partition coefficient (Wildman–Crippen LogP) is 2.77. The quantitative estimate of drug-likeness (QED) is 0.854. The van der Waals surface area contributed by atoms with Crippen LogP contribution in [0.25, 0.3) is 0 Å². The number of hydrogen-bond donors (Lipinski definition) is 1. The summed E-state index contributed by atoms with van der Waals surface area (Å²) < 4.78 is 11.0. The summed E-state index contributed by atoms with van der Waals surface area (Å²) in [4.78, 5) is 0. The molecular weight excluding hydrogens is 214 g/mol. The lowest BCUT2D eigenvalue weighted by atomic mass is 10.1. The van der Waals surface area contributed by atoms with Gasteiger partial charge in [0.15, 0.2) is 0 Å². The van der Waals surface area contributed by atoms with E-state index in [1.807, 2.05) is 25.2 Å². The average Bonchev–Trinajstić information content (AvgIpc) is 2.29. The van der Waals surface area contributed by atoms with Crippen molar-refractivity contribution < 1.29 is 9.47 Å². The van der Waals surface area contributed by atoms with E-state index in [0.717, 1.165) is 5.75 Å². The summed E-state index contributed by atoms with van der Waals surface area (Å²) in [6, 6.07) is 8.24. The van der Waals surface area contributed by atoms with Gasteiger partial charge in [-0.05, 0) is 45.5 Å². The Morgan fingerprint density at radius 2 is 2.00 bits per heavy atom. The molecule has 1 aromatic carbocycles. The highest BCUT2D eigenvalue weighted by Crippen LogP contribution is 2.20. The van der Waals surface area contributed by atoms with E-state index >= 15 is 0 Å². The second-order valence-corrected chi connectivity index (χ2v) is 5.04. The summed E-state index contributed by atoms with van der Waals surface area (Å²) in [5, 5.41) is 3.26. The lowest BCUT2D eigenvalue weighted by Gasteiger charge is -2.24. The molecule has 1 N–H and O–H groups in total. The van der Waals surface area contributed by atoms with E-state index in [4.69, 9.17) is 9.47 Å². The van der Waals surface area contributed by atoms with E-state index in [1.54, 1.807) is 7.11 Å². The van der Waals surface area contributed by atoms with Gasteiger partial charge in [-0.1, -0.05) is 12.1 Å². The van der Waals surface area contributed by atoms with Gasteiger partial charge in [-0.15, -0.1) is 0 Å². The third kappa shape index (κ3) is 4.75. The van der Waals surface area contributed by atoms with E-state index in [9.17, 15) is 0 Å². The first kappa shape index (κ1) is 14.0. The van der Waals surface area contributed by atoms with E-state index in [-0.39, 0.29) is 11.6 Å². The molecule has 1 atom stereocenters. The third-order valence-corrected chi connectivity index (χ3v) is 2.53. The maximum absolute atomic E-state index is 5.81. The van der Waals surface area contributed by atoms with Crippen LogP contribution in [-0.4, -0.2) is 26.4 Å². The molecule has 3 heteroatoms. The van der Waals surface area contributed by atoms with Crippen molar-refractivity contribution in [3.05, 3.63) is 29.8 Å². The standard InChI is InChI=1S/C14H23NO2/c1-14(2,3)17-10-13(15-4)11-7-6-8-12(9-11)16-5/h6-9,13,15H,10H2,1-5H3. The molecule has 0 spiro atoms. The molecule has 0 bridgehead atoms. The molecule has 0 fully saturated rings. The highest BCUT2D eigenvalue weighted by molar-refractivity contribution is 5.30. The predicted molar refractivity (Wildman–Crippen MR) is 70.5 cm³/mol. The molecule has 1 unspecified atom stereocenters. The highest BCUT2D eigenvalue weighted by atomic mass is 16.5. The topological polar surface area (TPSA) is 30.5 Å². The van der Waals surface area contributed by atoms with Gasteiger partial charge >= 0.3 is 0 Å². The monoisotopic (exact) mass is 237 g/mol. The minimum atomic E-state index is -0.117. The van der Waals surface area contributed by atoms with E-state index in [1.165, 1.54) is 5.56 Å². The van der Waals surface area contributed by atoms with Gasteiger partial charge < -0.3 is 14.8 Å². The number of likely N-dealkylation sites (N-methyl/N-ethyl adjacent to an activating group) is 1. The van der Waals surface area contributed by atoms with Crippen LogP contribution in [-0.2, 0) is 4.74 Å². The Balaban J connectivity index is 2.72. The lowest BCUT2D eigenvalue weighted by Crippen LogP contribution is -2.28. The van der Waals surface area contributed by atoms with Gasteiger partial charge in [-0.2, -0.15) is 0 Å². The summed E-state index contributed by atoms with van der Waals surface area (Å²) in [7, 11) is 3.62. The first-order valence-electron chi connectivity index (χ1n) is 5.91. The number of ether oxygens (including phenoxy) is 2. The van der Waals surface area contributed by atoms with Crippen LogP contribution >= 0.6 is 0 Å². The molecule has 1 aromatic rings. The van der Waals surface area contributed by atoms with Crippen molar-refractivity contribution in [1.82, 2.24) is 5.32 Å². The summed E-state index contributed by atoms with van der Waals surface area (Å²) in [5.41, 5.74) is 1.06. The third-order valence-electron chi connectivity index (χ3n) is 2.53. The molecule has 1 rings (SSSR count). The van der Waals surface area contributed by atoms with E-state index in [0.29, 0.717) is 6.61 Å². The fraction of sp³-hybridized carbons (Fsp3) is 0.571. The Morgan fingerprint density at radius 3 is 2.53 bits per heavy atom. The van der Waals surface area contributed by atoms with Gasteiger partial charge in [0.25, 0.3) is 0 Å². The van der Waals surface area contributed by atoms with Crippen molar-refractivity contribution in [3.63, 3.8) is 0 Å². The molecule has 0 heterocycles. The Labute approximate surface area is 104 Å². The Kier molecular flexibility index (Phi) is 4.97. The normalized spacial score (nSPS) is 13.5. The summed E-state index contributed by atoms with van der Waals surface area (Å²) in [6.07, 6.45) is 0. The summed E-state index contributed by atoms with van der Waals surface area (Å²) >= 11 is 0. The van der Waals surface area contributed by atoms with Crippen molar-refractivity contribution in [2.45, 2.75) is 32.4 Å².